The van der Waals surface area contributed by atoms with Gasteiger partial charge in [0.25, 0.3) is 5.91 Å². The van der Waals surface area contributed by atoms with E-state index in [-0.39, 0.29) is 16.9 Å². The number of ether oxygens (including phenoxy) is 2. The number of hydrogen-bond donors (Lipinski definition) is 1. The second-order valence-electron chi connectivity index (χ2n) is 5.93. The van der Waals surface area contributed by atoms with Gasteiger partial charge in [0.2, 0.25) is 5.91 Å². The normalized spacial score (nSPS) is 16.7. The molecular formula is C20H17N3O6. The van der Waals surface area contributed by atoms with Gasteiger partial charge in [0.1, 0.15) is 5.75 Å². The first kappa shape index (κ1) is 19.7. The van der Waals surface area contributed by atoms with E-state index in [4.69, 9.17) is 9.47 Å². The highest BCUT2D eigenvalue weighted by atomic mass is 16.5. The van der Waals surface area contributed by atoms with Crippen LogP contribution in [0.4, 0.5) is 16.2 Å². The van der Waals surface area contributed by atoms with Gasteiger partial charge in [-0.3, -0.25) is 19.9 Å². The van der Waals surface area contributed by atoms with Crippen molar-refractivity contribution < 1.29 is 28.7 Å². The van der Waals surface area contributed by atoms with Gasteiger partial charge in [-0.05, 0) is 36.4 Å². The van der Waals surface area contributed by atoms with E-state index in [9.17, 15) is 19.2 Å². The van der Waals surface area contributed by atoms with E-state index in [0.717, 1.165) is 11.1 Å². The van der Waals surface area contributed by atoms with Crippen molar-refractivity contribution >= 4 is 41.4 Å². The molecule has 0 aromatic heterocycles. The largest absolute Gasteiger partial charge is 0.497 e. The Balaban J connectivity index is 1.90. The predicted octanol–water partition coefficient (Wildman–Crippen LogP) is 2.08. The number of barbiturate groups is 1. The summed E-state index contributed by atoms with van der Waals surface area (Å²) < 4.78 is 9.76. The summed E-state index contributed by atoms with van der Waals surface area (Å²) in [5, 5.41) is 2.13. The Morgan fingerprint density at radius 1 is 1.07 bits per heavy atom. The quantitative estimate of drug-likeness (QED) is 0.471. The van der Waals surface area contributed by atoms with Gasteiger partial charge in [0.05, 0.1) is 31.2 Å². The van der Waals surface area contributed by atoms with Crippen LogP contribution in [0.3, 0.4) is 0 Å². The fourth-order valence-corrected chi connectivity index (χ4v) is 2.72. The van der Waals surface area contributed by atoms with Crippen LogP contribution < -0.4 is 15.0 Å². The zero-order valence-corrected chi connectivity index (χ0v) is 15.6. The Hall–Kier alpha value is -4.01. The van der Waals surface area contributed by atoms with Gasteiger partial charge in [-0.2, -0.15) is 0 Å². The molecule has 29 heavy (non-hydrogen) atoms. The molecule has 148 valence electrons. The molecule has 1 aliphatic rings. The molecule has 2 aromatic carbocycles. The summed E-state index contributed by atoms with van der Waals surface area (Å²) in [5.41, 5.74) is 0.681. The SMILES string of the molecule is COC(=O)c1ccccc1N=C[C@H]1C(=O)NC(=O)N(c2ccc(OC)cc2)C1=O. The molecular weight excluding hydrogens is 378 g/mol. The number of imide groups is 2. The molecule has 1 atom stereocenters. The summed E-state index contributed by atoms with van der Waals surface area (Å²) in [6.07, 6.45) is 1.10. The Morgan fingerprint density at radius 2 is 1.76 bits per heavy atom. The number of methoxy groups -OCH3 is 2. The van der Waals surface area contributed by atoms with Crippen LogP contribution in [-0.2, 0) is 14.3 Å². The minimum absolute atomic E-state index is 0.179. The molecule has 1 fully saturated rings. The minimum atomic E-state index is -1.35. The predicted molar refractivity (Wildman–Crippen MR) is 103 cm³/mol. The van der Waals surface area contributed by atoms with Gasteiger partial charge in [0, 0.05) is 6.21 Å². The molecule has 0 spiro atoms. The van der Waals surface area contributed by atoms with Crippen LogP contribution in [0.1, 0.15) is 10.4 Å². The summed E-state index contributed by atoms with van der Waals surface area (Å²) in [4.78, 5) is 54.0. The summed E-state index contributed by atoms with van der Waals surface area (Å²) in [6, 6.07) is 11.7. The van der Waals surface area contributed by atoms with Gasteiger partial charge >= 0.3 is 12.0 Å². The number of amides is 4. The number of para-hydroxylation sites is 1. The van der Waals surface area contributed by atoms with Crippen LogP contribution in [0, 0.1) is 5.92 Å². The van der Waals surface area contributed by atoms with Crippen molar-refractivity contribution in [1.29, 1.82) is 0 Å². The average molecular weight is 395 g/mol. The van der Waals surface area contributed by atoms with E-state index >= 15 is 0 Å². The van der Waals surface area contributed by atoms with Crippen molar-refractivity contribution in [1.82, 2.24) is 5.32 Å². The lowest BCUT2D eigenvalue weighted by Crippen LogP contribution is -2.58. The van der Waals surface area contributed by atoms with Crippen LogP contribution in [0.25, 0.3) is 0 Å². The summed E-state index contributed by atoms with van der Waals surface area (Å²) in [5.74, 6) is -2.97. The highest BCUT2D eigenvalue weighted by Crippen LogP contribution is 2.24. The third-order valence-corrected chi connectivity index (χ3v) is 4.20. The number of anilines is 1. The average Bonchev–Trinajstić information content (AvgIpc) is 2.73. The first-order valence-corrected chi connectivity index (χ1v) is 8.50. The van der Waals surface area contributed by atoms with Crippen LogP contribution in [0.2, 0.25) is 0 Å². The number of nitrogens with zero attached hydrogens (tertiary/aromatic N) is 2. The molecule has 9 heteroatoms. The number of rotatable bonds is 5. The summed E-state index contributed by atoms with van der Waals surface area (Å²) in [6.45, 7) is 0. The summed E-state index contributed by atoms with van der Waals surface area (Å²) in [7, 11) is 2.73. The number of benzene rings is 2. The van der Waals surface area contributed by atoms with Crippen molar-refractivity contribution in [2.45, 2.75) is 0 Å². The fraction of sp³-hybridized carbons (Fsp3) is 0.150. The van der Waals surface area contributed by atoms with Crippen LogP contribution >= 0.6 is 0 Å². The lowest BCUT2D eigenvalue weighted by molar-refractivity contribution is -0.131. The topological polar surface area (TPSA) is 114 Å². The van der Waals surface area contributed by atoms with Crippen molar-refractivity contribution in [3.8, 4) is 5.75 Å². The van der Waals surface area contributed by atoms with Gasteiger partial charge < -0.3 is 9.47 Å². The molecule has 0 unspecified atom stereocenters. The lowest BCUT2D eigenvalue weighted by Gasteiger charge is -2.28. The summed E-state index contributed by atoms with van der Waals surface area (Å²) >= 11 is 0. The highest BCUT2D eigenvalue weighted by molar-refractivity contribution is 6.32. The monoisotopic (exact) mass is 395 g/mol. The van der Waals surface area contributed by atoms with E-state index < -0.39 is 29.7 Å². The van der Waals surface area contributed by atoms with Gasteiger partial charge in [-0.25, -0.2) is 14.5 Å². The number of carbonyl (C=O) groups excluding carboxylic acids is 4. The van der Waals surface area contributed by atoms with Gasteiger partial charge in [-0.1, -0.05) is 12.1 Å². The molecule has 0 bridgehead atoms. The second-order valence-corrected chi connectivity index (χ2v) is 5.93. The van der Waals surface area contributed by atoms with Crippen LogP contribution in [0.5, 0.6) is 5.75 Å². The number of urea groups is 1. The second kappa shape index (κ2) is 8.34. The molecule has 1 heterocycles. The highest BCUT2D eigenvalue weighted by Gasteiger charge is 2.40. The van der Waals surface area contributed by atoms with E-state index in [1.807, 2.05) is 0 Å². The van der Waals surface area contributed by atoms with Crippen LogP contribution in [0.15, 0.2) is 53.5 Å². The molecule has 0 aliphatic carbocycles. The lowest BCUT2D eigenvalue weighted by atomic mass is 10.1. The molecule has 1 aliphatic heterocycles. The molecule has 2 aromatic rings. The van der Waals surface area contributed by atoms with Crippen molar-refractivity contribution in [2.24, 2.45) is 10.9 Å². The first-order chi connectivity index (χ1) is 14.0. The minimum Gasteiger partial charge on any atom is -0.497 e. The third-order valence-electron chi connectivity index (χ3n) is 4.20. The maximum absolute atomic E-state index is 12.8. The Labute approximate surface area is 165 Å². The number of nitrogens with one attached hydrogen (secondary N) is 1. The molecule has 4 amide bonds. The number of esters is 1. The van der Waals surface area contributed by atoms with Crippen LogP contribution in [-0.4, -0.2) is 44.2 Å². The molecule has 1 saturated heterocycles. The molecule has 9 nitrogen and oxygen atoms in total. The Morgan fingerprint density at radius 3 is 2.41 bits per heavy atom. The van der Waals surface area contributed by atoms with E-state index in [2.05, 4.69) is 10.3 Å². The number of aliphatic imine (C=N–C) groups is 1. The van der Waals surface area contributed by atoms with E-state index in [1.165, 1.54) is 32.4 Å². The zero-order valence-electron chi connectivity index (χ0n) is 15.6. The van der Waals surface area contributed by atoms with Crippen molar-refractivity contribution in [3.63, 3.8) is 0 Å². The Bertz CT molecular complexity index is 1000. The first-order valence-electron chi connectivity index (χ1n) is 8.50. The molecule has 3 rings (SSSR count). The number of hydrogen-bond acceptors (Lipinski definition) is 7. The van der Waals surface area contributed by atoms with E-state index in [1.54, 1.807) is 30.3 Å². The zero-order chi connectivity index (χ0) is 21.0. The molecule has 0 radical (unpaired) electrons. The molecule has 1 N–H and O–H groups in total. The fourth-order valence-electron chi connectivity index (χ4n) is 2.72. The van der Waals surface area contributed by atoms with Gasteiger partial charge in [0.15, 0.2) is 5.92 Å². The van der Waals surface area contributed by atoms with E-state index in [0.29, 0.717) is 5.75 Å². The smallest absolute Gasteiger partial charge is 0.340 e. The molecule has 0 saturated carbocycles. The maximum Gasteiger partial charge on any atom is 0.340 e. The van der Waals surface area contributed by atoms with Crippen molar-refractivity contribution in [3.05, 3.63) is 54.1 Å². The maximum atomic E-state index is 12.8. The van der Waals surface area contributed by atoms with Crippen molar-refractivity contribution in [2.75, 3.05) is 19.1 Å². The standard InChI is InChI=1S/C20H17N3O6/c1-28-13-9-7-12(8-10-13)23-18(25)15(17(24)22-20(23)27)11-21-16-6-4-3-5-14(16)19(26)29-2/h3-11,15H,1-2H3,(H,22,24,27)/t15-/m0/s1. The third kappa shape index (κ3) is 3.98. The van der Waals surface area contributed by atoms with Gasteiger partial charge in [-0.15, -0.1) is 0 Å². The Kier molecular flexibility index (Phi) is 5.68. The number of carbonyl (C=O) groups is 4.